The van der Waals surface area contributed by atoms with Gasteiger partial charge in [-0.15, -0.1) is 0 Å². The highest BCUT2D eigenvalue weighted by molar-refractivity contribution is 5.94. The van der Waals surface area contributed by atoms with Gasteiger partial charge in [0.25, 0.3) is 0 Å². The highest BCUT2D eigenvalue weighted by Crippen LogP contribution is 2.03. The number of H-pyrrole nitrogens is 1. The Morgan fingerprint density at radius 2 is 1.61 bits per heavy atom. The number of carboxylic acid groups (broad SMARTS) is 2. The molecular weight excluding hydrogens is 482 g/mol. The monoisotopic (exact) mass is 513 g/mol. The summed E-state index contributed by atoms with van der Waals surface area (Å²) in [6, 6.07) is -5.71. The van der Waals surface area contributed by atoms with Crippen molar-refractivity contribution in [3.05, 3.63) is 18.2 Å². The molecule has 36 heavy (non-hydrogen) atoms. The number of aliphatic imine (C=N–C) groups is 1. The highest BCUT2D eigenvalue weighted by Gasteiger charge is 2.30. The second-order valence-corrected chi connectivity index (χ2v) is 7.64. The lowest BCUT2D eigenvalue weighted by molar-refractivity contribution is -0.147. The number of imidazole rings is 1. The molecule has 3 amide bonds. The third-order valence-corrected chi connectivity index (χ3v) is 4.72. The minimum Gasteiger partial charge on any atom is -0.481 e. The van der Waals surface area contributed by atoms with Crippen LogP contribution in [0.15, 0.2) is 17.5 Å². The van der Waals surface area contributed by atoms with E-state index in [2.05, 4.69) is 25.6 Å². The van der Waals surface area contributed by atoms with E-state index in [-0.39, 0.29) is 31.8 Å². The molecule has 0 radical (unpaired) electrons. The van der Waals surface area contributed by atoms with Gasteiger partial charge in [-0.25, -0.2) is 9.78 Å². The second-order valence-electron chi connectivity index (χ2n) is 7.64. The number of aliphatic carboxylic acids is 2. The fraction of sp³-hybridized carbons (Fsp3) is 0.526. The van der Waals surface area contributed by atoms with Crippen molar-refractivity contribution < 1.29 is 39.3 Å². The Balaban J connectivity index is 2.89. The lowest BCUT2D eigenvalue weighted by Gasteiger charge is -2.24. The number of nitrogens with two attached hydrogens (primary N) is 3. The van der Waals surface area contributed by atoms with E-state index >= 15 is 0 Å². The number of carbonyl (C=O) groups excluding carboxylic acids is 3. The average Bonchev–Trinajstić information content (AvgIpc) is 3.30. The van der Waals surface area contributed by atoms with Crippen LogP contribution in [0.3, 0.4) is 0 Å². The molecule has 0 aliphatic rings. The van der Waals surface area contributed by atoms with Crippen LogP contribution >= 0.6 is 0 Å². The Bertz CT molecular complexity index is 933. The molecule has 4 atom stereocenters. The number of amides is 3. The normalized spacial score (nSPS) is 13.9. The lowest BCUT2D eigenvalue weighted by Crippen LogP contribution is -2.58. The summed E-state index contributed by atoms with van der Waals surface area (Å²) in [4.78, 5) is 70.2. The zero-order valence-electron chi connectivity index (χ0n) is 19.2. The molecule has 0 aliphatic heterocycles. The second kappa shape index (κ2) is 14.9. The number of hydrogen-bond donors (Lipinski definition) is 10. The summed E-state index contributed by atoms with van der Waals surface area (Å²) in [6.45, 7) is -0.813. The van der Waals surface area contributed by atoms with E-state index in [4.69, 9.17) is 27.4 Å². The molecule has 0 fully saturated rings. The number of aromatic amines is 1. The van der Waals surface area contributed by atoms with Crippen LogP contribution in [0.1, 0.15) is 25.0 Å². The molecule has 0 spiro atoms. The third kappa shape index (κ3) is 10.8. The van der Waals surface area contributed by atoms with Gasteiger partial charge in [0.15, 0.2) is 5.96 Å². The van der Waals surface area contributed by atoms with Gasteiger partial charge in [0.2, 0.25) is 17.7 Å². The number of rotatable bonds is 16. The Kier molecular flexibility index (Phi) is 12.3. The van der Waals surface area contributed by atoms with Crippen LogP contribution in [0.25, 0.3) is 0 Å². The van der Waals surface area contributed by atoms with Crippen LogP contribution in [0.2, 0.25) is 0 Å². The number of aliphatic hydroxyl groups is 1. The number of nitrogens with zero attached hydrogens (tertiary/aromatic N) is 2. The predicted octanol–water partition coefficient (Wildman–Crippen LogP) is -4.66. The number of carboxylic acids is 2. The molecule has 0 saturated carbocycles. The van der Waals surface area contributed by atoms with Crippen LogP contribution in [-0.2, 0) is 30.4 Å². The van der Waals surface area contributed by atoms with Crippen molar-refractivity contribution in [2.75, 3.05) is 13.2 Å². The number of aliphatic hydroxyl groups excluding tert-OH is 1. The van der Waals surface area contributed by atoms with E-state index in [0.29, 0.717) is 5.69 Å². The van der Waals surface area contributed by atoms with Gasteiger partial charge in [-0.2, -0.15) is 0 Å². The van der Waals surface area contributed by atoms with Gasteiger partial charge in [0, 0.05) is 24.9 Å². The summed E-state index contributed by atoms with van der Waals surface area (Å²) < 4.78 is 0. The fourth-order valence-electron chi connectivity index (χ4n) is 2.89. The highest BCUT2D eigenvalue weighted by atomic mass is 16.4. The number of aromatic nitrogens is 2. The number of carbonyl (C=O) groups is 5. The molecule has 1 aromatic rings. The van der Waals surface area contributed by atoms with Crippen molar-refractivity contribution in [1.82, 2.24) is 25.9 Å². The quantitative estimate of drug-likeness (QED) is 0.0566. The molecule has 0 aromatic carbocycles. The summed E-state index contributed by atoms with van der Waals surface area (Å²) in [6.07, 6.45) is 2.31. The van der Waals surface area contributed by atoms with Gasteiger partial charge in [-0.3, -0.25) is 24.2 Å². The molecule has 1 rings (SSSR count). The fourth-order valence-corrected chi connectivity index (χ4v) is 2.89. The zero-order valence-corrected chi connectivity index (χ0v) is 19.2. The molecule has 1 aromatic heterocycles. The number of nitrogens with one attached hydrogen (secondary N) is 4. The van der Waals surface area contributed by atoms with Crippen molar-refractivity contribution in [3.8, 4) is 0 Å². The van der Waals surface area contributed by atoms with Gasteiger partial charge in [-0.05, 0) is 12.8 Å². The van der Waals surface area contributed by atoms with Gasteiger partial charge in [0.05, 0.1) is 25.4 Å². The minimum absolute atomic E-state index is 0.0155. The Labute approximate surface area is 204 Å². The van der Waals surface area contributed by atoms with E-state index in [0.717, 1.165) is 0 Å². The first-order valence-corrected chi connectivity index (χ1v) is 10.7. The SMILES string of the molecule is NC(N)=NCCCC(NC(=O)C(N)Cc1cnc[nH]1)C(=O)NC(CO)C(=O)NC(CC(=O)O)C(=O)O. The average molecular weight is 514 g/mol. The molecule has 4 unspecified atom stereocenters. The van der Waals surface area contributed by atoms with Gasteiger partial charge < -0.3 is 53.5 Å². The Morgan fingerprint density at radius 1 is 1.00 bits per heavy atom. The maximum atomic E-state index is 12.8. The molecule has 0 bridgehead atoms. The summed E-state index contributed by atoms with van der Waals surface area (Å²) in [5.41, 5.74) is 17.0. The third-order valence-electron chi connectivity index (χ3n) is 4.72. The Hall–Kier alpha value is -4.25. The minimum atomic E-state index is -1.79. The van der Waals surface area contributed by atoms with E-state index in [1.54, 1.807) is 0 Å². The van der Waals surface area contributed by atoms with Crippen LogP contribution < -0.4 is 33.2 Å². The van der Waals surface area contributed by atoms with Crippen LogP contribution in [0.4, 0.5) is 0 Å². The first-order chi connectivity index (χ1) is 16.9. The van der Waals surface area contributed by atoms with Crippen molar-refractivity contribution in [2.24, 2.45) is 22.2 Å². The number of guanidine groups is 1. The predicted molar refractivity (Wildman–Crippen MR) is 123 cm³/mol. The first kappa shape index (κ1) is 29.8. The molecule has 0 aliphatic carbocycles. The maximum absolute atomic E-state index is 12.8. The summed E-state index contributed by atoms with van der Waals surface area (Å²) in [5, 5.41) is 34.0. The van der Waals surface area contributed by atoms with Crippen molar-refractivity contribution in [1.29, 1.82) is 0 Å². The topological polar surface area (TPSA) is 301 Å². The standard InChI is InChI=1S/C19H31N9O8/c20-10(4-9-6-23-8-25-9)15(32)26-11(2-1-3-24-19(21)22)16(33)28-13(7-29)17(34)27-12(18(35)36)5-14(30)31/h6,8,10-13,29H,1-5,7,20H2,(H,23,25)(H,26,32)(H,27,34)(H,28,33)(H,30,31)(H,35,36)(H4,21,22,24). The van der Waals surface area contributed by atoms with E-state index in [1.807, 2.05) is 5.32 Å². The van der Waals surface area contributed by atoms with Gasteiger partial charge in [-0.1, -0.05) is 0 Å². The van der Waals surface area contributed by atoms with Crippen molar-refractivity contribution in [2.45, 2.75) is 49.9 Å². The zero-order chi connectivity index (χ0) is 27.3. The van der Waals surface area contributed by atoms with E-state index in [1.165, 1.54) is 12.5 Å². The Morgan fingerprint density at radius 3 is 2.14 bits per heavy atom. The lowest BCUT2D eigenvalue weighted by atomic mass is 10.1. The van der Waals surface area contributed by atoms with Gasteiger partial charge >= 0.3 is 11.9 Å². The first-order valence-electron chi connectivity index (χ1n) is 10.7. The van der Waals surface area contributed by atoms with E-state index in [9.17, 15) is 29.1 Å². The van der Waals surface area contributed by atoms with Crippen LogP contribution in [-0.4, -0.2) is 98.2 Å². The van der Waals surface area contributed by atoms with E-state index < -0.39 is 66.9 Å². The van der Waals surface area contributed by atoms with Gasteiger partial charge in [0.1, 0.15) is 18.1 Å². The maximum Gasteiger partial charge on any atom is 0.326 e. The van der Waals surface area contributed by atoms with Crippen LogP contribution in [0.5, 0.6) is 0 Å². The molecule has 0 saturated heterocycles. The molecule has 200 valence electrons. The molecule has 17 nitrogen and oxygen atoms in total. The molecule has 17 heteroatoms. The summed E-state index contributed by atoms with van der Waals surface area (Å²) in [5.74, 6) is -5.99. The smallest absolute Gasteiger partial charge is 0.326 e. The molecule has 13 N–H and O–H groups in total. The van der Waals surface area contributed by atoms with Crippen LogP contribution in [0, 0.1) is 0 Å². The number of hydrogen-bond acceptors (Lipinski definition) is 9. The molecular formula is C19H31N9O8. The molecule has 1 heterocycles. The summed E-state index contributed by atoms with van der Waals surface area (Å²) >= 11 is 0. The van der Waals surface area contributed by atoms with Crippen molar-refractivity contribution in [3.63, 3.8) is 0 Å². The van der Waals surface area contributed by atoms with Crippen molar-refractivity contribution >= 4 is 35.6 Å². The summed E-state index contributed by atoms with van der Waals surface area (Å²) in [7, 11) is 0. The largest absolute Gasteiger partial charge is 0.481 e.